The Kier molecular flexibility index (Phi) is 5.44. The SMILES string of the molecule is CCCCN(C)S(=O)(=O)Nc1ccc(N)c(OC)c1. The Bertz CT molecular complexity index is 517. The van der Waals surface area contributed by atoms with Crippen LogP contribution in [-0.2, 0) is 10.2 Å². The third kappa shape index (κ3) is 4.29. The number of ether oxygens (including phenoxy) is 1. The molecule has 7 heteroatoms. The van der Waals surface area contributed by atoms with Crippen molar-refractivity contribution in [1.29, 1.82) is 0 Å². The highest BCUT2D eigenvalue weighted by atomic mass is 32.2. The number of benzene rings is 1. The number of nitrogens with two attached hydrogens (primary N) is 1. The zero-order valence-corrected chi connectivity index (χ0v) is 12.3. The van der Waals surface area contributed by atoms with Crippen molar-refractivity contribution >= 4 is 21.6 Å². The molecule has 0 fully saturated rings. The number of nitrogen functional groups attached to an aromatic ring is 1. The van der Waals surface area contributed by atoms with Gasteiger partial charge in [0.2, 0.25) is 0 Å². The van der Waals surface area contributed by atoms with Crippen LogP contribution < -0.4 is 15.2 Å². The quantitative estimate of drug-likeness (QED) is 0.747. The average molecular weight is 287 g/mol. The van der Waals surface area contributed by atoms with Gasteiger partial charge in [-0.25, -0.2) is 0 Å². The van der Waals surface area contributed by atoms with Crippen LogP contribution in [0.5, 0.6) is 5.75 Å². The summed E-state index contributed by atoms with van der Waals surface area (Å²) in [6.45, 7) is 2.50. The fraction of sp³-hybridized carbons (Fsp3) is 0.500. The Balaban J connectivity index is 2.83. The maximum Gasteiger partial charge on any atom is 0.301 e. The number of hydrogen-bond donors (Lipinski definition) is 2. The molecule has 3 N–H and O–H groups in total. The molecule has 0 amide bonds. The van der Waals surface area contributed by atoms with Crippen LogP contribution in [0, 0.1) is 0 Å². The first-order chi connectivity index (χ1) is 8.90. The van der Waals surface area contributed by atoms with Crippen molar-refractivity contribution in [3.8, 4) is 5.75 Å². The fourth-order valence-electron chi connectivity index (χ4n) is 1.50. The molecule has 1 aromatic rings. The Morgan fingerprint density at radius 1 is 1.42 bits per heavy atom. The summed E-state index contributed by atoms with van der Waals surface area (Å²) in [5.41, 5.74) is 6.56. The van der Waals surface area contributed by atoms with Crippen molar-refractivity contribution in [2.45, 2.75) is 19.8 Å². The highest BCUT2D eigenvalue weighted by molar-refractivity contribution is 7.90. The van der Waals surface area contributed by atoms with E-state index < -0.39 is 10.2 Å². The molecule has 0 aliphatic carbocycles. The highest BCUT2D eigenvalue weighted by Crippen LogP contribution is 2.25. The second-order valence-electron chi connectivity index (χ2n) is 4.24. The third-order valence-electron chi connectivity index (χ3n) is 2.72. The predicted octanol–water partition coefficient (Wildman–Crippen LogP) is 1.67. The first-order valence-electron chi connectivity index (χ1n) is 6.08. The molecule has 19 heavy (non-hydrogen) atoms. The van der Waals surface area contributed by atoms with Gasteiger partial charge in [0.15, 0.2) is 0 Å². The number of methoxy groups -OCH3 is 1. The minimum atomic E-state index is -3.54. The van der Waals surface area contributed by atoms with E-state index in [1.807, 2.05) is 6.92 Å². The summed E-state index contributed by atoms with van der Waals surface area (Å²) in [6, 6.07) is 4.76. The van der Waals surface area contributed by atoms with Crippen LogP contribution in [0.25, 0.3) is 0 Å². The van der Waals surface area contributed by atoms with E-state index in [1.54, 1.807) is 25.2 Å². The van der Waals surface area contributed by atoms with E-state index in [1.165, 1.54) is 11.4 Å². The largest absolute Gasteiger partial charge is 0.495 e. The van der Waals surface area contributed by atoms with Crippen LogP contribution in [0.4, 0.5) is 11.4 Å². The molecule has 0 aliphatic rings. The molecule has 1 aromatic carbocycles. The average Bonchev–Trinajstić information content (AvgIpc) is 2.37. The summed E-state index contributed by atoms with van der Waals surface area (Å²) in [4.78, 5) is 0. The molecule has 1 rings (SSSR count). The van der Waals surface area contributed by atoms with Gasteiger partial charge in [-0.3, -0.25) is 4.72 Å². The number of rotatable bonds is 7. The summed E-state index contributed by atoms with van der Waals surface area (Å²) in [5.74, 6) is 0.441. The zero-order valence-electron chi connectivity index (χ0n) is 11.5. The van der Waals surface area contributed by atoms with E-state index in [-0.39, 0.29) is 0 Å². The molecule has 0 heterocycles. The molecular formula is C12H21N3O3S. The minimum Gasteiger partial charge on any atom is -0.495 e. The van der Waals surface area contributed by atoms with Crippen molar-refractivity contribution in [2.75, 3.05) is 31.2 Å². The van der Waals surface area contributed by atoms with Crippen LogP contribution in [-0.4, -0.2) is 33.4 Å². The van der Waals surface area contributed by atoms with Crippen LogP contribution in [0.15, 0.2) is 18.2 Å². The Labute approximate surface area is 114 Å². The molecule has 0 aliphatic heterocycles. The van der Waals surface area contributed by atoms with Crippen molar-refractivity contribution in [3.63, 3.8) is 0 Å². The van der Waals surface area contributed by atoms with Crippen LogP contribution in [0.2, 0.25) is 0 Å². The Morgan fingerprint density at radius 2 is 2.11 bits per heavy atom. The lowest BCUT2D eigenvalue weighted by Gasteiger charge is -2.18. The van der Waals surface area contributed by atoms with Crippen molar-refractivity contribution in [1.82, 2.24) is 4.31 Å². The van der Waals surface area contributed by atoms with Gasteiger partial charge in [-0.05, 0) is 18.6 Å². The van der Waals surface area contributed by atoms with Gasteiger partial charge in [0.25, 0.3) is 0 Å². The van der Waals surface area contributed by atoms with Gasteiger partial charge in [0.1, 0.15) is 5.75 Å². The second kappa shape index (κ2) is 6.63. The van der Waals surface area contributed by atoms with Crippen LogP contribution in [0.1, 0.15) is 19.8 Å². The molecule has 0 radical (unpaired) electrons. The van der Waals surface area contributed by atoms with E-state index in [0.717, 1.165) is 12.8 Å². The summed E-state index contributed by atoms with van der Waals surface area (Å²) >= 11 is 0. The Hall–Kier alpha value is -1.47. The molecule has 0 saturated heterocycles. The molecule has 0 spiro atoms. The van der Waals surface area contributed by atoms with Gasteiger partial charge in [0, 0.05) is 19.7 Å². The summed E-state index contributed by atoms with van der Waals surface area (Å²) in [5, 5.41) is 0. The lowest BCUT2D eigenvalue weighted by molar-refractivity contribution is 0.417. The lowest BCUT2D eigenvalue weighted by Crippen LogP contribution is -2.33. The van der Waals surface area contributed by atoms with Crippen molar-refractivity contribution < 1.29 is 13.2 Å². The fourth-order valence-corrected chi connectivity index (χ4v) is 2.45. The normalized spacial score (nSPS) is 11.6. The number of anilines is 2. The molecule has 108 valence electrons. The van der Waals surface area contributed by atoms with E-state index in [2.05, 4.69) is 4.72 Å². The summed E-state index contributed by atoms with van der Waals surface area (Å²) in [6.07, 6.45) is 1.76. The first-order valence-corrected chi connectivity index (χ1v) is 7.52. The minimum absolute atomic E-state index is 0.425. The van der Waals surface area contributed by atoms with Crippen molar-refractivity contribution in [2.24, 2.45) is 0 Å². The molecule has 6 nitrogen and oxygen atoms in total. The third-order valence-corrected chi connectivity index (χ3v) is 4.21. The van der Waals surface area contributed by atoms with Gasteiger partial charge in [-0.15, -0.1) is 0 Å². The number of hydrogen-bond acceptors (Lipinski definition) is 4. The summed E-state index contributed by atoms with van der Waals surface area (Å²) in [7, 11) is -0.505. The molecule has 0 aromatic heterocycles. The molecular weight excluding hydrogens is 266 g/mol. The van der Waals surface area contributed by atoms with E-state index in [4.69, 9.17) is 10.5 Å². The summed E-state index contributed by atoms with van der Waals surface area (Å²) < 4.78 is 32.9. The predicted molar refractivity (Wildman–Crippen MR) is 77.5 cm³/mol. The zero-order chi connectivity index (χ0) is 14.5. The smallest absolute Gasteiger partial charge is 0.301 e. The number of nitrogens with one attached hydrogen (secondary N) is 1. The van der Waals surface area contributed by atoms with Gasteiger partial charge >= 0.3 is 10.2 Å². The lowest BCUT2D eigenvalue weighted by atomic mass is 10.3. The van der Waals surface area contributed by atoms with Crippen LogP contribution in [0.3, 0.4) is 0 Å². The molecule has 0 unspecified atom stereocenters. The number of unbranched alkanes of at least 4 members (excludes halogenated alkanes) is 1. The standard InChI is InChI=1S/C12H21N3O3S/c1-4-5-8-15(2)19(16,17)14-10-6-7-11(13)12(9-10)18-3/h6-7,9,14H,4-5,8,13H2,1-3H3. The maximum atomic E-state index is 12.0. The number of nitrogens with zero attached hydrogens (tertiary/aromatic N) is 1. The van der Waals surface area contributed by atoms with Crippen LogP contribution >= 0.6 is 0 Å². The highest BCUT2D eigenvalue weighted by Gasteiger charge is 2.17. The first kappa shape index (κ1) is 15.6. The molecule has 0 bridgehead atoms. The van der Waals surface area contributed by atoms with Gasteiger partial charge < -0.3 is 10.5 Å². The monoisotopic (exact) mass is 287 g/mol. The van der Waals surface area contributed by atoms with Gasteiger partial charge in [-0.2, -0.15) is 12.7 Å². The van der Waals surface area contributed by atoms with E-state index in [9.17, 15) is 8.42 Å². The molecule has 0 atom stereocenters. The van der Waals surface area contributed by atoms with E-state index in [0.29, 0.717) is 23.7 Å². The molecule has 0 saturated carbocycles. The van der Waals surface area contributed by atoms with E-state index >= 15 is 0 Å². The maximum absolute atomic E-state index is 12.0. The van der Waals surface area contributed by atoms with Gasteiger partial charge in [0.05, 0.1) is 18.5 Å². The van der Waals surface area contributed by atoms with Crippen molar-refractivity contribution in [3.05, 3.63) is 18.2 Å². The second-order valence-corrected chi connectivity index (χ2v) is 6.02. The Morgan fingerprint density at radius 3 is 2.68 bits per heavy atom. The topological polar surface area (TPSA) is 84.7 Å². The van der Waals surface area contributed by atoms with Gasteiger partial charge in [-0.1, -0.05) is 13.3 Å².